The van der Waals surface area contributed by atoms with Crippen LogP contribution in [0.1, 0.15) is 58.8 Å². The third-order valence-corrected chi connectivity index (χ3v) is 3.00. The topological polar surface area (TPSA) is 26.3 Å². The van der Waals surface area contributed by atoms with Crippen LogP contribution in [0.3, 0.4) is 0 Å². The summed E-state index contributed by atoms with van der Waals surface area (Å²) in [5.74, 6) is -0.233. The Kier molecular flexibility index (Phi) is 10.8. The van der Waals surface area contributed by atoms with Gasteiger partial charge in [0.05, 0.1) is 13.0 Å². The maximum Gasteiger partial charge on any atom is 0.310 e. The molecule has 0 aliphatic heterocycles. The van der Waals surface area contributed by atoms with Gasteiger partial charge in [-0.25, -0.2) is 0 Å². The van der Waals surface area contributed by atoms with Crippen LogP contribution in [0.25, 0.3) is 0 Å². The minimum absolute atomic E-state index is 0.216. The van der Waals surface area contributed by atoms with E-state index in [1.165, 1.54) is 0 Å². The number of halogens is 2. The van der Waals surface area contributed by atoms with E-state index in [0.29, 0.717) is 6.61 Å². The van der Waals surface area contributed by atoms with Crippen LogP contribution in [0.5, 0.6) is 0 Å². The van der Waals surface area contributed by atoms with Gasteiger partial charge < -0.3 is 4.74 Å². The summed E-state index contributed by atoms with van der Waals surface area (Å²) in [5, 5.41) is 0. The lowest BCUT2D eigenvalue weighted by molar-refractivity contribution is -0.142. The van der Waals surface area contributed by atoms with E-state index in [-0.39, 0.29) is 16.9 Å². The van der Waals surface area contributed by atoms with Crippen molar-refractivity contribution in [2.45, 2.75) is 58.8 Å². The molecule has 0 saturated carbocycles. The van der Waals surface area contributed by atoms with Crippen molar-refractivity contribution < 1.29 is 9.53 Å². The molecule has 0 unspecified atom stereocenters. The standard InChI is InChI=1S/C13H22Cl2O2/c1-3-5-7-8-11(13(14)15)10-12(16)17-9-6-4-2/h3-10H2,1-2H3. The van der Waals surface area contributed by atoms with Crippen molar-refractivity contribution >= 4 is 29.2 Å². The van der Waals surface area contributed by atoms with E-state index in [1.807, 2.05) is 0 Å². The number of carbonyl (C=O) groups is 1. The molecule has 4 heteroatoms. The first-order valence-electron chi connectivity index (χ1n) is 6.30. The van der Waals surface area contributed by atoms with E-state index < -0.39 is 0 Å². The Bertz CT molecular complexity index is 246. The van der Waals surface area contributed by atoms with Crippen molar-refractivity contribution in [1.82, 2.24) is 0 Å². The molecule has 0 saturated heterocycles. The molecule has 0 spiro atoms. The van der Waals surface area contributed by atoms with Gasteiger partial charge in [-0.15, -0.1) is 0 Å². The Morgan fingerprint density at radius 1 is 1.06 bits per heavy atom. The molecule has 2 nitrogen and oxygen atoms in total. The highest BCUT2D eigenvalue weighted by Crippen LogP contribution is 2.23. The number of hydrogen-bond acceptors (Lipinski definition) is 2. The Labute approximate surface area is 114 Å². The first-order chi connectivity index (χ1) is 8.11. The molecule has 100 valence electrons. The minimum atomic E-state index is -0.233. The lowest BCUT2D eigenvalue weighted by atomic mass is 10.1. The predicted molar refractivity (Wildman–Crippen MR) is 73.4 cm³/mol. The summed E-state index contributed by atoms with van der Waals surface area (Å²) in [6.07, 6.45) is 6.17. The molecule has 0 aromatic carbocycles. The van der Waals surface area contributed by atoms with Gasteiger partial charge in [-0.05, 0) is 24.8 Å². The molecule has 0 atom stereocenters. The van der Waals surface area contributed by atoms with Crippen molar-refractivity contribution in [3.05, 3.63) is 10.1 Å². The number of carbonyl (C=O) groups excluding carboxylic acids is 1. The molecular weight excluding hydrogens is 259 g/mol. The lowest BCUT2D eigenvalue weighted by Gasteiger charge is -2.08. The summed E-state index contributed by atoms with van der Waals surface area (Å²) >= 11 is 11.5. The maximum absolute atomic E-state index is 11.5. The van der Waals surface area contributed by atoms with Gasteiger partial charge in [-0.3, -0.25) is 4.79 Å². The predicted octanol–water partition coefficient (Wildman–Crippen LogP) is 4.99. The first-order valence-corrected chi connectivity index (χ1v) is 7.06. The number of rotatable bonds is 9. The molecule has 0 fully saturated rings. The molecule has 0 heterocycles. The Morgan fingerprint density at radius 2 is 1.71 bits per heavy atom. The van der Waals surface area contributed by atoms with E-state index in [4.69, 9.17) is 27.9 Å². The third-order valence-electron chi connectivity index (χ3n) is 2.47. The van der Waals surface area contributed by atoms with Crippen LogP contribution in [0.4, 0.5) is 0 Å². The number of ether oxygens (including phenoxy) is 1. The van der Waals surface area contributed by atoms with Crippen molar-refractivity contribution in [2.24, 2.45) is 0 Å². The van der Waals surface area contributed by atoms with Crippen molar-refractivity contribution in [2.75, 3.05) is 6.61 Å². The summed E-state index contributed by atoms with van der Waals surface area (Å²) in [6.45, 7) is 4.67. The summed E-state index contributed by atoms with van der Waals surface area (Å²) in [7, 11) is 0. The molecule has 0 amide bonds. The van der Waals surface area contributed by atoms with Gasteiger partial charge in [0.1, 0.15) is 4.49 Å². The third kappa shape index (κ3) is 9.49. The zero-order valence-electron chi connectivity index (χ0n) is 10.7. The van der Waals surface area contributed by atoms with Crippen LogP contribution < -0.4 is 0 Å². The van der Waals surface area contributed by atoms with E-state index in [2.05, 4.69) is 13.8 Å². The molecule has 0 radical (unpaired) electrons. The smallest absolute Gasteiger partial charge is 0.310 e. The molecule has 0 aliphatic rings. The van der Waals surface area contributed by atoms with Gasteiger partial charge in [0.2, 0.25) is 0 Å². The molecular formula is C13H22Cl2O2. The summed E-state index contributed by atoms with van der Waals surface area (Å²) < 4.78 is 5.30. The second-order valence-corrected chi connectivity index (χ2v) is 5.02. The SMILES string of the molecule is CCCCCC(CC(=O)OCCCC)=C(Cl)Cl. The van der Waals surface area contributed by atoms with Crippen LogP contribution in [0, 0.1) is 0 Å². The quantitative estimate of drug-likeness (QED) is 0.439. The van der Waals surface area contributed by atoms with Crippen LogP contribution in [-0.4, -0.2) is 12.6 Å². The Hall–Kier alpha value is -0.210. The van der Waals surface area contributed by atoms with Gasteiger partial charge in [0.25, 0.3) is 0 Å². The molecule has 0 rings (SSSR count). The van der Waals surface area contributed by atoms with Gasteiger partial charge in [-0.2, -0.15) is 0 Å². The van der Waals surface area contributed by atoms with Gasteiger partial charge in [0, 0.05) is 0 Å². The molecule has 0 aromatic heterocycles. The van der Waals surface area contributed by atoms with E-state index in [1.54, 1.807) is 0 Å². The fraction of sp³-hybridized carbons (Fsp3) is 0.769. The van der Waals surface area contributed by atoms with Crippen LogP contribution in [0.2, 0.25) is 0 Å². The normalized spacial score (nSPS) is 10.1. The molecule has 17 heavy (non-hydrogen) atoms. The average Bonchev–Trinajstić information content (AvgIpc) is 2.28. The maximum atomic E-state index is 11.5. The molecule has 0 aromatic rings. The number of esters is 1. The van der Waals surface area contributed by atoms with Crippen molar-refractivity contribution in [3.8, 4) is 0 Å². The molecule has 0 N–H and O–H groups in total. The van der Waals surface area contributed by atoms with Crippen molar-refractivity contribution in [1.29, 1.82) is 0 Å². The Morgan fingerprint density at radius 3 is 2.24 bits per heavy atom. The van der Waals surface area contributed by atoms with Gasteiger partial charge in [0.15, 0.2) is 0 Å². The Balaban J connectivity index is 4.00. The highest BCUT2D eigenvalue weighted by Gasteiger charge is 2.10. The number of unbranched alkanes of at least 4 members (excludes halogenated alkanes) is 3. The summed E-state index contributed by atoms with van der Waals surface area (Å²) in [5.41, 5.74) is 0.795. The number of hydrogen-bond donors (Lipinski definition) is 0. The fourth-order valence-corrected chi connectivity index (χ4v) is 1.72. The van der Waals surface area contributed by atoms with Gasteiger partial charge >= 0.3 is 5.97 Å². The summed E-state index contributed by atoms with van der Waals surface area (Å²) in [6, 6.07) is 0. The summed E-state index contributed by atoms with van der Waals surface area (Å²) in [4.78, 5) is 11.5. The monoisotopic (exact) mass is 280 g/mol. The molecule has 0 aliphatic carbocycles. The lowest BCUT2D eigenvalue weighted by Crippen LogP contribution is -2.07. The largest absolute Gasteiger partial charge is 0.465 e. The zero-order chi connectivity index (χ0) is 13.1. The van der Waals surface area contributed by atoms with E-state index >= 15 is 0 Å². The fourth-order valence-electron chi connectivity index (χ4n) is 1.39. The first kappa shape index (κ1) is 16.8. The highest BCUT2D eigenvalue weighted by atomic mass is 35.5. The van der Waals surface area contributed by atoms with Crippen molar-refractivity contribution in [3.63, 3.8) is 0 Å². The molecule has 0 bridgehead atoms. The zero-order valence-corrected chi connectivity index (χ0v) is 12.2. The van der Waals surface area contributed by atoms with Crippen LogP contribution in [0.15, 0.2) is 10.1 Å². The second kappa shape index (κ2) is 10.9. The van der Waals surface area contributed by atoms with E-state index in [0.717, 1.165) is 44.1 Å². The van der Waals surface area contributed by atoms with E-state index in [9.17, 15) is 4.79 Å². The van der Waals surface area contributed by atoms with Crippen LogP contribution in [-0.2, 0) is 9.53 Å². The average molecular weight is 281 g/mol. The second-order valence-electron chi connectivity index (χ2n) is 4.07. The van der Waals surface area contributed by atoms with Crippen LogP contribution >= 0.6 is 23.2 Å². The highest BCUT2D eigenvalue weighted by molar-refractivity contribution is 6.56. The van der Waals surface area contributed by atoms with Gasteiger partial charge in [-0.1, -0.05) is 56.3 Å². The minimum Gasteiger partial charge on any atom is -0.465 e.